The van der Waals surface area contributed by atoms with Crippen molar-refractivity contribution in [3.63, 3.8) is 0 Å². The Morgan fingerprint density at radius 2 is 1.41 bits per heavy atom. The van der Waals surface area contributed by atoms with E-state index in [4.69, 9.17) is 5.73 Å². The van der Waals surface area contributed by atoms with Crippen molar-refractivity contribution in [2.75, 3.05) is 33.0 Å². The van der Waals surface area contributed by atoms with E-state index >= 15 is 0 Å². The predicted octanol–water partition coefficient (Wildman–Crippen LogP) is 3.40. The van der Waals surface area contributed by atoms with Gasteiger partial charge in [0.25, 0.3) is 0 Å². The Hall–Kier alpha value is -5.91. The highest BCUT2D eigenvalue weighted by molar-refractivity contribution is 5.96. The van der Waals surface area contributed by atoms with Crippen LogP contribution in [0.4, 0.5) is 5.69 Å². The number of rotatable bonds is 23. The molecular formula is C46H69N7O11. The molecule has 6 amide bonds. The van der Waals surface area contributed by atoms with Crippen molar-refractivity contribution < 1.29 is 54.0 Å². The van der Waals surface area contributed by atoms with Gasteiger partial charge in [0.05, 0.1) is 18.8 Å². The summed E-state index contributed by atoms with van der Waals surface area (Å²) in [7, 11) is 2.68. The van der Waals surface area contributed by atoms with Gasteiger partial charge in [-0.05, 0) is 55.7 Å². The molecule has 10 N–H and O–H groups in total. The number of hydrogen-bond donors (Lipinski definition) is 9. The van der Waals surface area contributed by atoms with Gasteiger partial charge in [-0.3, -0.25) is 28.8 Å². The van der Waals surface area contributed by atoms with Gasteiger partial charge in [0.2, 0.25) is 35.4 Å². The van der Waals surface area contributed by atoms with Crippen molar-refractivity contribution in [1.29, 1.82) is 0 Å². The highest BCUT2D eigenvalue weighted by atomic mass is 16.4. The SMILES string of the molecule is CCCCCCCCCCCCCCCC(=O)N(C)[C@H](CO)C(=O)N[C@H](C)C(=O)NCC(=O)N(C)[C@@H]1C(=O)N[C@@H](C)C(=O)N[C@H](C(=O)O)Cc2cc(N)c(O)c(c2)-c2cc1ccc2O. The van der Waals surface area contributed by atoms with E-state index in [9.17, 15) is 54.0 Å². The van der Waals surface area contributed by atoms with Crippen molar-refractivity contribution >= 4 is 47.1 Å². The number of unbranched alkanes of at least 4 members (excludes halogenated alkanes) is 12. The van der Waals surface area contributed by atoms with Gasteiger partial charge in [-0.25, -0.2) is 4.79 Å². The number of carboxylic acid groups (broad SMARTS) is 1. The highest BCUT2D eigenvalue weighted by Crippen LogP contribution is 2.41. The molecule has 0 saturated carbocycles. The normalized spacial score (nSPS) is 17.2. The molecule has 3 rings (SSSR count). The fourth-order valence-electron chi connectivity index (χ4n) is 7.61. The Balaban J connectivity index is 1.62. The van der Waals surface area contributed by atoms with Gasteiger partial charge >= 0.3 is 5.97 Å². The number of carboxylic acids is 1. The van der Waals surface area contributed by atoms with Crippen molar-refractivity contribution in [3.8, 4) is 22.6 Å². The molecule has 1 aliphatic heterocycles. The Bertz CT molecular complexity index is 1940. The third-order valence-corrected chi connectivity index (χ3v) is 11.7. The zero-order valence-electron chi connectivity index (χ0n) is 37.9. The molecule has 18 heteroatoms. The lowest BCUT2D eigenvalue weighted by molar-refractivity contribution is -0.143. The van der Waals surface area contributed by atoms with Gasteiger partial charge in [0.1, 0.15) is 41.7 Å². The van der Waals surface area contributed by atoms with Crippen LogP contribution in [0.2, 0.25) is 0 Å². The van der Waals surface area contributed by atoms with E-state index in [-0.39, 0.29) is 46.9 Å². The number of likely N-dealkylation sites (N-methyl/N-ethyl adjacent to an activating group) is 2. The number of nitrogens with one attached hydrogen (secondary N) is 4. The summed E-state index contributed by atoms with van der Waals surface area (Å²) in [6, 6.07) is -0.111. The molecule has 4 bridgehead atoms. The first kappa shape index (κ1) is 52.4. The number of anilines is 1. The number of aliphatic hydroxyl groups is 1. The fourth-order valence-corrected chi connectivity index (χ4v) is 7.61. The molecular weight excluding hydrogens is 827 g/mol. The number of carbonyl (C=O) groups is 7. The summed E-state index contributed by atoms with van der Waals surface area (Å²) in [5.74, 6) is -6.59. The van der Waals surface area contributed by atoms with Gasteiger partial charge in [0, 0.05) is 38.1 Å². The second-order valence-corrected chi connectivity index (χ2v) is 16.7. The Labute approximate surface area is 375 Å². The number of nitrogens with two attached hydrogens (primary N) is 1. The molecule has 0 fully saturated rings. The third-order valence-electron chi connectivity index (χ3n) is 11.7. The number of aliphatic carboxylic acids is 1. The number of aliphatic hydroxyl groups excluding tert-OH is 1. The Kier molecular flexibility index (Phi) is 21.3. The standard InChI is InChI=1S/C46H69N7O11/c1-6-7-8-9-10-11-12-13-14-15-16-17-18-19-38(56)52(4)36(27-54)44(61)49-28(2)42(59)48-26-39(57)53(5)40-31-20-21-37(55)32(25-31)33-22-30(23-34(47)41(33)58)24-35(46(63)64)51-43(60)29(3)50-45(40)62/h20-23,25,28-29,35-36,40,54-55,58H,6-19,24,26-27,47H2,1-5H3,(H,48,59)(H,49,61)(H,50,62)(H,51,60)(H,63,64)/t28-,29+,35+,36-,40+/m1/s1. The van der Waals surface area contributed by atoms with Gasteiger partial charge in [0.15, 0.2) is 0 Å². The van der Waals surface area contributed by atoms with Crippen LogP contribution in [0.25, 0.3) is 11.1 Å². The van der Waals surface area contributed by atoms with E-state index in [1.807, 2.05) is 0 Å². The van der Waals surface area contributed by atoms with Crippen molar-refractivity contribution in [2.45, 2.75) is 147 Å². The first-order valence-corrected chi connectivity index (χ1v) is 22.4. The number of amides is 6. The minimum absolute atomic E-state index is 0.00537. The lowest BCUT2D eigenvalue weighted by Gasteiger charge is -2.30. The van der Waals surface area contributed by atoms with Crippen LogP contribution < -0.4 is 27.0 Å². The minimum Gasteiger partial charge on any atom is -0.507 e. The summed E-state index contributed by atoms with van der Waals surface area (Å²) in [5, 5.41) is 51.5. The molecule has 2 aromatic rings. The molecule has 1 aliphatic rings. The van der Waals surface area contributed by atoms with E-state index in [1.54, 1.807) is 0 Å². The van der Waals surface area contributed by atoms with Crippen LogP contribution in [0.5, 0.6) is 11.5 Å². The van der Waals surface area contributed by atoms with Crippen LogP contribution in [0.15, 0.2) is 30.3 Å². The number of benzene rings is 2. The van der Waals surface area contributed by atoms with Crippen LogP contribution in [-0.4, -0.2) is 123 Å². The van der Waals surface area contributed by atoms with Crippen molar-refractivity contribution in [3.05, 3.63) is 41.5 Å². The van der Waals surface area contributed by atoms with Gasteiger partial charge in [-0.2, -0.15) is 0 Å². The van der Waals surface area contributed by atoms with Crippen LogP contribution in [0, 0.1) is 0 Å². The average molecular weight is 896 g/mol. The topological polar surface area (TPSA) is 281 Å². The van der Waals surface area contributed by atoms with E-state index in [2.05, 4.69) is 28.2 Å². The number of nitrogen functional groups attached to an aromatic ring is 1. The molecule has 0 spiro atoms. The van der Waals surface area contributed by atoms with E-state index in [1.165, 1.54) is 116 Å². The summed E-state index contributed by atoms with van der Waals surface area (Å²) < 4.78 is 0. The second-order valence-electron chi connectivity index (χ2n) is 16.7. The first-order valence-electron chi connectivity index (χ1n) is 22.4. The smallest absolute Gasteiger partial charge is 0.326 e. The quantitative estimate of drug-likeness (QED) is 0.0441. The van der Waals surface area contributed by atoms with E-state index < -0.39 is 84.6 Å². The van der Waals surface area contributed by atoms with E-state index in [0.717, 1.165) is 29.1 Å². The van der Waals surface area contributed by atoms with Crippen LogP contribution in [0.1, 0.15) is 128 Å². The summed E-state index contributed by atoms with van der Waals surface area (Å²) in [5.41, 5.74) is 6.31. The molecule has 1 heterocycles. The number of aromatic hydroxyl groups is 2. The molecule has 2 aromatic carbocycles. The molecule has 0 saturated heterocycles. The predicted molar refractivity (Wildman–Crippen MR) is 241 cm³/mol. The largest absolute Gasteiger partial charge is 0.507 e. The highest BCUT2D eigenvalue weighted by Gasteiger charge is 2.34. The molecule has 5 atom stereocenters. The van der Waals surface area contributed by atoms with Crippen LogP contribution >= 0.6 is 0 Å². The fraction of sp³-hybridized carbons (Fsp3) is 0.587. The third kappa shape index (κ3) is 15.4. The van der Waals surface area contributed by atoms with E-state index in [0.29, 0.717) is 12.0 Å². The number of hydrogen-bond acceptors (Lipinski definition) is 11. The van der Waals surface area contributed by atoms with Gasteiger partial charge in [-0.15, -0.1) is 0 Å². The molecule has 0 radical (unpaired) electrons. The zero-order chi connectivity index (χ0) is 47.5. The van der Waals surface area contributed by atoms with Crippen molar-refractivity contribution in [2.24, 2.45) is 0 Å². The monoisotopic (exact) mass is 896 g/mol. The maximum atomic E-state index is 13.9. The number of phenols is 2. The van der Waals surface area contributed by atoms with Gasteiger partial charge < -0.3 is 57.2 Å². The lowest BCUT2D eigenvalue weighted by atomic mass is 9.93. The Morgan fingerprint density at radius 1 is 0.812 bits per heavy atom. The van der Waals surface area contributed by atoms with Crippen molar-refractivity contribution in [1.82, 2.24) is 31.1 Å². The summed E-state index contributed by atoms with van der Waals surface area (Å²) in [6.45, 7) is 3.54. The molecule has 18 nitrogen and oxygen atoms in total. The van der Waals surface area contributed by atoms with Crippen LogP contribution in [-0.2, 0) is 40.0 Å². The number of nitrogens with zero attached hydrogens (tertiary/aromatic N) is 2. The summed E-state index contributed by atoms with van der Waals surface area (Å²) in [6.07, 6.45) is 15.0. The summed E-state index contributed by atoms with van der Waals surface area (Å²) >= 11 is 0. The molecule has 64 heavy (non-hydrogen) atoms. The maximum absolute atomic E-state index is 13.9. The second kappa shape index (κ2) is 26.0. The first-order chi connectivity index (χ1) is 30.4. The van der Waals surface area contributed by atoms with Crippen LogP contribution in [0.3, 0.4) is 0 Å². The molecule has 0 aliphatic carbocycles. The lowest BCUT2D eigenvalue weighted by Crippen LogP contribution is -2.55. The Morgan fingerprint density at radius 3 is 1.98 bits per heavy atom. The zero-order valence-corrected chi connectivity index (χ0v) is 37.9. The molecule has 354 valence electrons. The van der Waals surface area contributed by atoms with Gasteiger partial charge in [-0.1, -0.05) is 90.0 Å². The summed E-state index contributed by atoms with van der Waals surface area (Å²) in [4.78, 5) is 94.2. The molecule has 0 unspecified atom stereocenters. The molecule has 0 aromatic heterocycles. The maximum Gasteiger partial charge on any atom is 0.326 e. The average Bonchev–Trinajstić information content (AvgIpc) is 3.25. The minimum atomic E-state index is -1.50. The number of phenolic OH excluding ortho intramolecular Hbond substituents is 2. The number of carbonyl (C=O) groups excluding carboxylic acids is 6. The number of fused-ring (bicyclic) bond motifs is 5.